The van der Waals surface area contributed by atoms with Gasteiger partial charge in [-0.3, -0.25) is 4.79 Å². The average molecular weight is 278 g/mol. The zero-order valence-corrected chi connectivity index (χ0v) is 10.6. The van der Waals surface area contributed by atoms with Crippen molar-refractivity contribution in [3.8, 4) is 5.75 Å². The number of ether oxygens (including phenoxy) is 1. The van der Waals surface area contributed by atoms with E-state index in [2.05, 4.69) is 5.32 Å². The molecule has 6 heteroatoms. The van der Waals surface area contributed by atoms with Crippen LogP contribution < -0.4 is 15.8 Å². The molecule has 0 aliphatic carbocycles. The van der Waals surface area contributed by atoms with Crippen LogP contribution in [-0.2, 0) is 0 Å². The summed E-state index contributed by atoms with van der Waals surface area (Å²) in [5, 5.41) is 2.40. The molecule has 0 aliphatic heterocycles. The van der Waals surface area contributed by atoms with Crippen LogP contribution in [0.3, 0.4) is 0 Å². The zero-order chi connectivity index (χ0) is 14.7. The molecule has 0 bridgehead atoms. The standard InChI is InChI=1S/C14H12F2N2O2/c1-20-13-4-8(2-3-12(13)17)14(19)18-11-6-9(15)5-10(16)7-11/h2-7H,17H2,1H3,(H,18,19). The van der Waals surface area contributed by atoms with Gasteiger partial charge in [0.15, 0.2) is 0 Å². The van der Waals surface area contributed by atoms with Crippen LogP contribution in [0.4, 0.5) is 20.2 Å². The van der Waals surface area contributed by atoms with Crippen molar-refractivity contribution >= 4 is 17.3 Å². The van der Waals surface area contributed by atoms with Gasteiger partial charge in [-0.25, -0.2) is 8.78 Å². The van der Waals surface area contributed by atoms with Gasteiger partial charge in [0.25, 0.3) is 5.91 Å². The summed E-state index contributed by atoms with van der Waals surface area (Å²) < 4.78 is 31.0. The van der Waals surface area contributed by atoms with E-state index in [1.165, 1.54) is 25.3 Å². The first-order chi connectivity index (χ1) is 9.49. The number of carbonyl (C=O) groups excluding carboxylic acids is 1. The minimum absolute atomic E-state index is 0.0308. The molecule has 1 amide bonds. The number of carbonyl (C=O) groups is 1. The predicted molar refractivity (Wildman–Crippen MR) is 71.7 cm³/mol. The number of halogens is 2. The molecule has 0 spiro atoms. The molecule has 104 valence electrons. The van der Waals surface area contributed by atoms with Crippen molar-refractivity contribution in [2.45, 2.75) is 0 Å². The van der Waals surface area contributed by atoms with E-state index in [1.807, 2.05) is 0 Å². The van der Waals surface area contributed by atoms with E-state index < -0.39 is 17.5 Å². The van der Waals surface area contributed by atoms with Crippen LogP contribution in [0.2, 0.25) is 0 Å². The lowest BCUT2D eigenvalue weighted by molar-refractivity contribution is 0.102. The molecule has 0 aromatic heterocycles. The highest BCUT2D eigenvalue weighted by Crippen LogP contribution is 2.23. The fourth-order valence-corrected chi connectivity index (χ4v) is 1.68. The number of nitrogen functional groups attached to an aromatic ring is 1. The van der Waals surface area contributed by atoms with E-state index in [9.17, 15) is 13.6 Å². The quantitative estimate of drug-likeness (QED) is 0.848. The van der Waals surface area contributed by atoms with E-state index in [0.29, 0.717) is 11.4 Å². The van der Waals surface area contributed by atoms with Crippen molar-refractivity contribution in [2.75, 3.05) is 18.2 Å². The summed E-state index contributed by atoms with van der Waals surface area (Å²) in [7, 11) is 1.43. The number of nitrogens with one attached hydrogen (secondary N) is 1. The van der Waals surface area contributed by atoms with Crippen LogP contribution in [0.15, 0.2) is 36.4 Å². The molecular formula is C14H12F2N2O2. The maximum Gasteiger partial charge on any atom is 0.255 e. The number of nitrogens with two attached hydrogens (primary N) is 1. The number of anilines is 2. The van der Waals surface area contributed by atoms with Gasteiger partial charge >= 0.3 is 0 Å². The van der Waals surface area contributed by atoms with Gasteiger partial charge in [0.1, 0.15) is 17.4 Å². The van der Waals surface area contributed by atoms with Crippen molar-refractivity contribution in [2.24, 2.45) is 0 Å². The van der Waals surface area contributed by atoms with Gasteiger partial charge in [-0.2, -0.15) is 0 Å². The molecule has 0 radical (unpaired) electrons. The third kappa shape index (κ3) is 3.03. The second-order valence-electron chi connectivity index (χ2n) is 4.07. The van der Waals surface area contributed by atoms with Crippen molar-refractivity contribution < 1.29 is 18.3 Å². The molecule has 0 unspecified atom stereocenters. The van der Waals surface area contributed by atoms with Crippen molar-refractivity contribution in [1.29, 1.82) is 0 Å². The second kappa shape index (κ2) is 5.56. The Labute approximate surface area is 114 Å². The molecule has 2 rings (SSSR count). The molecule has 0 fully saturated rings. The predicted octanol–water partition coefficient (Wildman–Crippen LogP) is 2.81. The van der Waals surface area contributed by atoms with Gasteiger partial charge in [-0.1, -0.05) is 0 Å². The maximum atomic E-state index is 13.0. The Morgan fingerprint density at radius 2 is 1.80 bits per heavy atom. The van der Waals surface area contributed by atoms with Crippen LogP contribution in [-0.4, -0.2) is 13.0 Å². The van der Waals surface area contributed by atoms with Crippen molar-refractivity contribution in [3.63, 3.8) is 0 Å². The lowest BCUT2D eigenvalue weighted by Gasteiger charge is -2.08. The number of hydrogen-bond acceptors (Lipinski definition) is 3. The van der Waals surface area contributed by atoms with Crippen LogP contribution in [0.5, 0.6) is 5.75 Å². The van der Waals surface area contributed by atoms with E-state index in [0.717, 1.165) is 18.2 Å². The lowest BCUT2D eigenvalue weighted by atomic mass is 10.1. The van der Waals surface area contributed by atoms with Gasteiger partial charge in [0.2, 0.25) is 0 Å². The Kier molecular flexibility index (Phi) is 3.84. The minimum atomic E-state index is -0.768. The summed E-state index contributed by atoms with van der Waals surface area (Å²) >= 11 is 0. The smallest absolute Gasteiger partial charge is 0.255 e. The molecule has 2 aromatic rings. The topological polar surface area (TPSA) is 64.3 Å². The van der Waals surface area contributed by atoms with Gasteiger partial charge in [0.05, 0.1) is 12.8 Å². The first kappa shape index (κ1) is 13.8. The van der Waals surface area contributed by atoms with Gasteiger partial charge < -0.3 is 15.8 Å². The summed E-state index contributed by atoms with van der Waals surface area (Å²) in [6, 6.07) is 7.22. The number of rotatable bonds is 3. The monoisotopic (exact) mass is 278 g/mol. The Hall–Kier alpha value is -2.63. The first-order valence-corrected chi connectivity index (χ1v) is 5.70. The molecule has 2 aromatic carbocycles. The van der Waals surface area contributed by atoms with E-state index in [1.54, 1.807) is 0 Å². The highest BCUT2D eigenvalue weighted by atomic mass is 19.1. The van der Waals surface area contributed by atoms with Crippen LogP contribution >= 0.6 is 0 Å². The van der Waals surface area contributed by atoms with E-state index in [4.69, 9.17) is 10.5 Å². The summed E-state index contributed by atoms with van der Waals surface area (Å²) in [5.41, 5.74) is 6.32. The number of methoxy groups -OCH3 is 1. The fourth-order valence-electron chi connectivity index (χ4n) is 1.68. The molecule has 0 heterocycles. The number of hydrogen-bond donors (Lipinski definition) is 2. The Balaban J connectivity index is 2.23. The SMILES string of the molecule is COc1cc(C(=O)Nc2cc(F)cc(F)c2)ccc1N. The number of benzene rings is 2. The molecular weight excluding hydrogens is 266 g/mol. The highest BCUT2D eigenvalue weighted by Gasteiger charge is 2.10. The van der Waals surface area contributed by atoms with Crippen LogP contribution in [0.25, 0.3) is 0 Å². The highest BCUT2D eigenvalue weighted by molar-refractivity contribution is 6.04. The third-order valence-electron chi connectivity index (χ3n) is 2.62. The van der Waals surface area contributed by atoms with Crippen LogP contribution in [0, 0.1) is 11.6 Å². The van der Waals surface area contributed by atoms with Gasteiger partial charge in [0, 0.05) is 17.3 Å². The van der Waals surface area contributed by atoms with Crippen molar-refractivity contribution in [1.82, 2.24) is 0 Å². The molecule has 3 N–H and O–H groups in total. The molecule has 4 nitrogen and oxygen atoms in total. The van der Waals surface area contributed by atoms with Gasteiger partial charge in [-0.15, -0.1) is 0 Å². The average Bonchev–Trinajstić information content (AvgIpc) is 2.37. The molecule has 0 atom stereocenters. The first-order valence-electron chi connectivity index (χ1n) is 5.70. The largest absolute Gasteiger partial charge is 0.495 e. The Bertz CT molecular complexity index is 639. The molecule has 0 aliphatic rings. The minimum Gasteiger partial charge on any atom is -0.495 e. The normalized spacial score (nSPS) is 10.2. The Morgan fingerprint density at radius 1 is 1.15 bits per heavy atom. The summed E-state index contributed by atoms with van der Waals surface area (Å²) in [5.74, 6) is -1.71. The van der Waals surface area contributed by atoms with Crippen LogP contribution in [0.1, 0.15) is 10.4 Å². The maximum absolute atomic E-state index is 13.0. The van der Waals surface area contributed by atoms with Gasteiger partial charge in [-0.05, 0) is 30.3 Å². The van der Waals surface area contributed by atoms with E-state index >= 15 is 0 Å². The zero-order valence-electron chi connectivity index (χ0n) is 10.6. The third-order valence-corrected chi connectivity index (χ3v) is 2.62. The lowest BCUT2D eigenvalue weighted by Crippen LogP contribution is -2.12. The van der Waals surface area contributed by atoms with Crippen molar-refractivity contribution in [3.05, 3.63) is 53.6 Å². The summed E-state index contributed by atoms with van der Waals surface area (Å²) in [4.78, 5) is 12.0. The fraction of sp³-hybridized carbons (Fsp3) is 0.0714. The second-order valence-corrected chi connectivity index (χ2v) is 4.07. The molecule has 20 heavy (non-hydrogen) atoms. The summed E-state index contributed by atoms with van der Waals surface area (Å²) in [6.45, 7) is 0. The molecule has 0 saturated heterocycles. The molecule has 0 saturated carbocycles. The summed E-state index contributed by atoms with van der Waals surface area (Å²) in [6.07, 6.45) is 0. The Morgan fingerprint density at radius 3 is 2.40 bits per heavy atom. The number of amides is 1. The van der Waals surface area contributed by atoms with E-state index in [-0.39, 0.29) is 11.3 Å².